The summed E-state index contributed by atoms with van der Waals surface area (Å²) in [6.45, 7) is 8.85. The largest absolute Gasteiger partial charge is 0.295 e. The molecule has 1 aliphatic heterocycles. The van der Waals surface area contributed by atoms with Crippen molar-refractivity contribution < 1.29 is 0 Å². The van der Waals surface area contributed by atoms with Crippen LogP contribution in [-0.4, -0.2) is 36.3 Å². The summed E-state index contributed by atoms with van der Waals surface area (Å²) in [6, 6.07) is 0. The van der Waals surface area contributed by atoms with Gasteiger partial charge in [-0.05, 0) is 20.8 Å². The Balaban J connectivity index is 2.40. The molecule has 10 heavy (non-hydrogen) atoms. The Morgan fingerprint density at radius 3 is 2.10 bits per heavy atom. The van der Waals surface area contributed by atoms with Gasteiger partial charge in [0.15, 0.2) is 0 Å². The van der Waals surface area contributed by atoms with Gasteiger partial charge in [0.25, 0.3) is 0 Å². The molecule has 1 fully saturated rings. The quantitative estimate of drug-likeness (QED) is 0.493. The second-order valence-electron chi connectivity index (χ2n) is 3.82. The maximum atomic E-state index is 4.13. The molecule has 0 bridgehead atoms. The van der Waals surface area contributed by atoms with Gasteiger partial charge in [0.2, 0.25) is 0 Å². The zero-order chi connectivity index (χ0) is 7.78. The topological polar surface area (TPSA) is 15.6 Å². The second-order valence-corrected chi connectivity index (χ2v) is 3.82. The molecule has 0 amide bonds. The lowest BCUT2D eigenvalue weighted by Crippen LogP contribution is -2.56. The van der Waals surface area contributed by atoms with Crippen molar-refractivity contribution >= 4 is 5.71 Å². The number of aliphatic imine (C=N–C) groups is 1. The van der Waals surface area contributed by atoms with Crippen molar-refractivity contribution in [3.8, 4) is 0 Å². The molecular weight excluding hydrogens is 124 g/mol. The molecule has 1 heterocycles. The summed E-state index contributed by atoms with van der Waals surface area (Å²) in [4.78, 5) is 6.54. The van der Waals surface area contributed by atoms with Gasteiger partial charge in [-0.25, -0.2) is 0 Å². The van der Waals surface area contributed by atoms with E-state index in [2.05, 4.69) is 30.7 Å². The van der Waals surface area contributed by atoms with Crippen molar-refractivity contribution in [3.05, 3.63) is 0 Å². The number of hydrogen-bond acceptors (Lipinski definition) is 2. The van der Waals surface area contributed by atoms with Crippen LogP contribution in [0.15, 0.2) is 4.99 Å². The molecule has 2 nitrogen and oxygen atoms in total. The molecule has 0 aromatic carbocycles. The van der Waals surface area contributed by atoms with Crippen LogP contribution in [0.4, 0.5) is 0 Å². The van der Waals surface area contributed by atoms with Crippen molar-refractivity contribution in [2.24, 2.45) is 4.99 Å². The number of nitrogens with zero attached hydrogens (tertiary/aromatic N) is 2. The monoisotopic (exact) mass is 140 g/mol. The minimum atomic E-state index is 0.328. The first kappa shape index (κ1) is 7.73. The Kier molecular flexibility index (Phi) is 1.82. The zero-order valence-electron chi connectivity index (χ0n) is 7.31. The molecular formula is C8H16N2. The van der Waals surface area contributed by atoms with Crippen molar-refractivity contribution in [1.29, 1.82) is 0 Å². The minimum absolute atomic E-state index is 0.328. The normalized spacial score (nSPS) is 20.6. The van der Waals surface area contributed by atoms with Gasteiger partial charge in [0, 0.05) is 31.4 Å². The van der Waals surface area contributed by atoms with E-state index in [9.17, 15) is 0 Å². The van der Waals surface area contributed by atoms with Crippen LogP contribution in [0.5, 0.6) is 0 Å². The van der Waals surface area contributed by atoms with Gasteiger partial charge in [-0.3, -0.25) is 9.89 Å². The molecule has 1 saturated heterocycles. The fourth-order valence-corrected chi connectivity index (χ4v) is 1.01. The zero-order valence-corrected chi connectivity index (χ0v) is 7.31. The van der Waals surface area contributed by atoms with E-state index in [1.165, 1.54) is 5.71 Å². The Hall–Kier alpha value is -0.370. The highest BCUT2D eigenvalue weighted by Gasteiger charge is 2.30. The minimum Gasteiger partial charge on any atom is -0.295 e. The molecule has 0 radical (unpaired) electrons. The van der Waals surface area contributed by atoms with E-state index in [0.717, 1.165) is 13.1 Å². The Bertz CT molecular complexity index is 145. The van der Waals surface area contributed by atoms with Gasteiger partial charge < -0.3 is 0 Å². The standard InChI is InChI=1S/C8H16N2/c1-8(2,3)10-5-7(6-10)9-4/h5-6H2,1-4H3. The fourth-order valence-electron chi connectivity index (χ4n) is 1.01. The van der Waals surface area contributed by atoms with E-state index in [0.29, 0.717) is 5.54 Å². The first-order valence-corrected chi connectivity index (χ1v) is 3.73. The summed E-state index contributed by atoms with van der Waals surface area (Å²) in [5.74, 6) is 0. The summed E-state index contributed by atoms with van der Waals surface area (Å²) in [7, 11) is 1.87. The molecule has 0 atom stereocenters. The fraction of sp³-hybridized carbons (Fsp3) is 0.875. The molecule has 58 valence electrons. The average molecular weight is 140 g/mol. The van der Waals surface area contributed by atoms with Gasteiger partial charge >= 0.3 is 0 Å². The number of hydrogen-bond donors (Lipinski definition) is 0. The summed E-state index contributed by atoms with van der Waals surface area (Å²) >= 11 is 0. The van der Waals surface area contributed by atoms with Crippen LogP contribution in [-0.2, 0) is 0 Å². The van der Waals surface area contributed by atoms with E-state index >= 15 is 0 Å². The molecule has 0 aliphatic carbocycles. The predicted octanol–water partition coefficient (Wildman–Crippen LogP) is 1.17. The van der Waals surface area contributed by atoms with Gasteiger partial charge in [-0.15, -0.1) is 0 Å². The van der Waals surface area contributed by atoms with Crippen LogP contribution >= 0.6 is 0 Å². The highest BCUT2D eigenvalue weighted by molar-refractivity contribution is 5.93. The van der Waals surface area contributed by atoms with Crippen LogP contribution in [0.3, 0.4) is 0 Å². The van der Waals surface area contributed by atoms with Crippen LogP contribution in [0, 0.1) is 0 Å². The third kappa shape index (κ3) is 1.37. The number of likely N-dealkylation sites (tertiary alicyclic amines) is 1. The maximum absolute atomic E-state index is 4.13. The smallest absolute Gasteiger partial charge is 0.0401 e. The van der Waals surface area contributed by atoms with Crippen LogP contribution in [0.2, 0.25) is 0 Å². The average Bonchev–Trinajstić information content (AvgIpc) is 1.57. The first-order chi connectivity index (χ1) is 4.54. The van der Waals surface area contributed by atoms with Crippen molar-refractivity contribution in [3.63, 3.8) is 0 Å². The molecule has 1 rings (SSSR count). The van der Waals surface area contributed by atoms with E-state index in [4.69, 9.17) is 0 Å². The van der Waals surface area contributed by atoms with E-state index in [1.807, 2.05) is 7.05 Å². The lowest BCUT2D eigenvalue weighted by atomic mass is 10.00. The molecule has 0 unspecified atom stereocenters. The van der Waals surface area contributed by atoms with E-state index in [1.54, 1.807) is 0 Å². The molecule has 0 N–H and O–H groups in total. The van der Waals surface area contributed by atoms with Gasteiger partial charge in [-0.1, -0.05) is 0 Å². The third-order valence-electron chi connectivity index (χ3n) is 2.01. The Morgan fingerprint density at radius 1 is 1.30 bits per heavy atom. The van der Waals surface area contributed by atoms with E-state index < -0.39 is 0 Å². The summed E-state index contributed by atoms with van der Waals surface area (Å²) < 4.78 is 0. The van der Waals surface area contributed by atoms with Crippen molar-refractivity contribution in [2.75, 3.05) is 20.1 Å². The highest BCUT2D eigenvalue weighted by Crippen LogP contribution is 2.18. The lowest BCUT2D eigenvalue weighted by molar-refractivity contribution is 0.152. The Morgan fingerprint density at radius 2 is 1.80 bits per heavy atom. The Labute approximate surface area is 62.9 Å². The van der Waals surface area contributed by atoms with Crippen LogP contribution in [0.25, 0.3) is 0 Å². The maximum Gasteiger partial charge on any atom is 0.0401 e. The van der Waals surface area contributed by atoms with Gasteiger partial charge in [-0.2, -0.15) is 0 Å². The number of rotatable bonds is 0. The van der Waals surface area contributed by atoms with Crippen molar-refractivity contribution in [1.82, 2.24) is 4.90 Å². The lowest BCUT2D eigenvalue weighted by Gasteiger charge is -2.43. The van der Waals surface area contributed by atoms with Gasteiger partial charge in [0.05, 0.1) is 0 Å². The second kappa shape index (κ2) is 2.35. The van der Waals surface area contributed by atoms with Crippen LogP contribution in [0.1, 0.15) is 20.8 Å². The molecule has 0 aromatic heterocycles. The first-order valence-electron chi connectivity index (χ1n) is 3.73. The van der Waals surface area contributed by atoms with Gasteiger partial charge in [0.1, 0.15) is 0 Å². The predicted molar refractivity (Wildman–Crippen MR) is 44.7 cm³/mol. The molecule has 0 aromatic rings. The summed E-state index contributed by atoms with van der Waals surface area (Å²) in [5.41, 5.74) is 1.66. The summed E-state index contributed by atoms with van der Waals surface area (Å²) in [5, 5.41) is 0. The molecule has 2 heteroatoms. The van der Waals surface area contributed by atoms with Crippen molar-refractivity contribution in [2.45, 2.75) is 26.3 Å². The third-order valence-corrected chi connectivity index (χ3v) is 2.01. The highest BCUT2D eigenvalue weighted by atomic mass is 15.2. The molecule has 0 spiro atoms. The SMILES string of the molecule is CN=C1CN(C(C)(C)C)C1. The van der Waals surface area contributed by atoms with E-state index in [-0.39, 0.29) is 0 Å². The molecule has 1 aliphatic rings. The molecule has 0 saturated carbocycles. The summed E-state index contributed by atoms with van der Waals surface area (Å²) in [6.07, 6.45) is 0. The van der Waals surface area contributed by atoms with Crippen LogP contribution < -0.4 is 0 Å².